The molecule has 2 nitrogen and oxygen atoms in total. The van der Waals surface area contributed by atoms with Crippen LogP contribution in [0.4, 0.5) is 0 Å². The van der Waals surface area contributed by atoms with E-state index in [1.807, 2.05) is 12.1 Å². The quantitative estimate of drug-likeness (QED) is 0.799. The van der Waals surface area contributed by atoms with E-state index >= 15 is 0 Å². The Balaban J connectivity index is 1.81. The molecular weight excluding hydrogens is 234 g/mol. The van der Waals surface area contributed by atoms with Crippen LogP contribution in [0, 0.1) is 6.92 Å². The van der Waals surface area contributed by atoms with Crippen LogP contribution in [-0.4, -0.2) is 13.7 Å². The highest BCUT2D eigenvalue weighted by atomic mass is 16.5. The third-order valence-corrected chi connectivity index (χ3v) is 3.18. The van der Waals surface area contributed by atoms with Crippen molar-refractivity contribution in [1.82, 2.24) is 5.32 Å². The fourth-order valence-corrected chi connectivity index (χ4v) is 2.19. The van der Waals surface area contributed by atoms with Crippen molar-refractivity contribution in [3.05, 3.63) is 65.2 Å². The van der Waals surface area contributed by atoms with E-state index < -0.39 is 0 Å². The lowest BCUT2D eigenvalue weighted by Gasteiger charge is -2.09. The third kappa shape index (κ3) is 4.11. The Hall–Kier alpha value is -1.80. The topological polar surface area (TPSA) is 21.3 Å². The second-order valence-corrected chi connectivity index (χ2v) is 4.73. The fraction of sp³-hybridized carbons (Fsp3) is 0.294. The summed E-state index contributed by atoms with van der Waals surface area (Å²) in [5.41, 5.74) is 3.89. The molecule has 2 heteroatoms. The summed E-state index contributed by atoms with van der Waals surface area (Å²) < 4.78 is 5.35. The number of ether oxygens (including phenoxy) is 1. The average Bonchev–Trinajstić information content (AvgIpc) is 2.44. The van der Waals surface area contributed by atoms with Gasteiger partial charge in [-0.05, 0) is 37.1 Å². The van der Waals surface area contributed by atoms with Crippen LogP contribution < -0.4 is 10.1 Å². The molecule has 0 aliphatic rings. The number of para-hydroxylation sites is 1. The van der Waals surface area contributed by atoms with Crippen LogP contribution in [0.25, 0.3) is 0 Å². The molecule has 1 N–H and O–H groups in total. The predicted octanol–water partition coefficient (Wildman–Crippen LogP) is 3.34. The zero-order chi connectivity index (χ0) is 13.5. The van der Waals surface area contributed by atoms with Crippen molar-refractivity contribution in [2.75, 3.05) is 13.7 Å². The molecule has 2 rings (SSSR count). The van der Waals surface area contributed by atoms with Gasteiger partial charge in [-0.3, -0.25) is 0 Å². The summed E-state index contributed by atoms with van der Waals surface area (Å²) in [5.74, 6) is 0.972. The van der Waals surface area contributed by atoms with Gasteiger partial charge in [-0.2, -0.15) is 0 Å². The molecule has 100 valence electrons. The first-order chi connectivity index (χ1) is 9.29. The van der Waals surface area contributed by atoms with Crippen molar-refractivity contribution in [3.8, 4) is 5.75 Å². The Morgan fingerprint density at radius 2 is 1.89 bits per heavy atom. The van der Waals surface area contributed by atoms with Crippen LogP contribution in [0.15, 0.2) is 48.5 Å². The Labute approximate surface area is 115 Å². The van der Waals surface area contributed by atoms with Crippen LogP contribution >= 0.6 is 0 Å². The van der Waals surface area contributed by atoms with E-state index in [-0.39, 0.29) is 0 Å². The molecule has 0 radical (unpaired) electrons. The van der Waals surface area contributed by atoms with Crippen LogP contribution in [0.1, 0.15) is 16.7 Å². The maximum absolute atomic E-state index is 5.35. The minimum absolute atomic E-state index is 0.914. The molecule has 0 heterocycles. The van der Waals surface area contributed by atoms with Crippen LogP contribution in [-0.2, 0) is 13.0 Å². The molecule has 0 saturated heterocycles. The van der Waals surface area contributed by atoms with Gasteiger partial charge in [0.1, 0.15) is 5.75 Å². The van der Waals surface area contributed by atoms with Crippen molar-refractivity contribution >= 4 is 0 Å². The van der Waals surface area contributed by atoms with Crippen molar-refractivity contribution in [2.45, 2.75) is 19.9 Å². The maximum Gasteiger partial charge on any atom is 0.122 e. The highest BCUT2D eigenvalue weighted by Crippen LogP contribution is 2.17. The highest BCUT2D eigenvalue weighted by Gasteiger charge is 2.00. The SMILES string of the molecule is COc1ccccc1CCNCc1cccc(C)c1. The van der Waals surface area contributed by atoms with Crippen LogP contribution in [0.5, 0.6) is 5.75 Å². The van der Waals surface area contributed by atoms with Gasteiger partial charge >= 0.3 is 0 Å². The molecule has 0 bridgehead atoms. The Morgan fingerprint density at radius 3 is 2.68 bits per heavy atom. The monoisotopic (exact) mass is 255 g/mol. The minimum Gasteiger partial charge on any atom is -0.496 e. The summed E-state index contributed by atoms with van der Waals surface area (Å²) >= 11 is 0. The number of nitrogens with one attached hydrogen (secondary N) is 1. The number of methoxy groups -OCH3 is 1. The summed E-state index contributed by atoms with van der Waals surface area (Å²) in [6, 6.07) is 16.8. The fourth-order valence-electron chi connectivity index (χ4n) is 2.19. The van der Waals surface area contributed by atoms with Gasteiger partial charge in [-0.25, -0.2) is 0 Å². The molecule has 0 spiro atoms. The molecule has 0 saturated carbocycles. The molecule has 0 unspecified atom stereocenters. The molecule has 0 aromatic heterocycles. The number of hydrogen-bond donors (Lipinski definition) is 1. The number of aryl methyl sites for hydroxylation is 1. The van der Waals surface area contributed by atoms with Crippen molar-refractivity contribution in [2.24, 2.45) is 0 Å². The molecule has 2 aromatic carbocycles. The standard InChI is InChI=1S/C17H21NO/c1-14-6-5-7-15(12-14)13-18-11-10-16-8-3-4-9-17(16)19-2/h3-9,12,18H,10-11,13H2,1-2H3. The van der Waals surface area contributed by atoms with Gasteiger partial charge in [-0.15, -0.1) is 0 Å². The summed E-state index contributed by atoms with van der Waals surface area (Å²) in [6.07, 6.45) is 0.982. The lowest BCUT2D eigenvalue weighted by Crippen LogP contribution is -2.17. The minimum atomic E-state index is 0.914. The van der Waals surface area contributed by atoms with E-state index in [0.29, 0.717) is 0 Å². The lowest BCUT2D eigenvalue weighted by atomic mass is 10.1. The van der Waals surface area contributed by atoms with Gasteiger partial charge in [-0.1, -0.05) is 48.0 Å². The van der Waals surface area contributed by atoms with Gasteiger partial charge in [0.05, 0.1) is 7.11 Å². The molecule has 0 amide bonds. The first-order valence-electron chi connectivity index (χ1n) is 6.68. The summed E-state index contributed by atoms with van der Waals surface area (Å²) in [4.78, 5) is 0. The number of benzene rings is 2. The van der Waals surface area contributed by atoms with E-state index in [9.17, 15) is 0 Å². The Kier molecular flexibility index (Phi) is 4.99. The lowest BCUT2D eigenvalue weighted by molar-refractivity contribution is 0.409. The average molecular weight is 255 g/mol. The molecule has 0 aliphatic heterocycles. The smallest absolute Gasteiger partial charge is 0.122 e. The van der Waals surface area contributed by atoms with E-state index in [2.05, 4.69) is 48.6 Å². The van der Waals surface area contributed by atoms with Crippen LogP contribution in [0.2, 0.25) is 0 Å². The van der Waals surface area contributed by atoms with Crippen molar-refractivity contribution in [1.29, 1.82) is 0 Å². The van der Waals surface area contributed by atoms with E-state index in [0.717, 1.165) is 25.3 Å². The first kappa shape index (κ1) is 13.6. The zero-order valence-electron chi connectivity index (χ0n) is 11.6. The summed E-state index contributed by atoms with van der Waals surface area (Å²) in [7, 11) is 1.72. The normalized spacial score (nSPS) is 10.4. The molecule has 2 aromatic rings. The van der Waals surface area contributed by atoms with Gasteiger partial charge in [0, 0.05) is 6.54 Å². The van der Waals surface area contributed by atoms with Gasteiger partial charge in [0.2, 0.25) is 0 Å². The molecule has 0 fully saturated rings. The summed E-state index contributed by atoms with van der Waals surface area (Å²) in [6.45, 7) is 3.99. The largest absolute Gasteiger partial charge is 0.496 e. The van der Waals surface area contributed by atoms with Gasteiger partial charge in [0.15, 0.2) is 0 Å². The second-order valence-electron chi connectivity index (χ2n) is 4.73. The second kappa shape index (κ2) is 6.95. The molecule has 19 heavy (non-hydrogen) atoms. The van der Waals surface area contributed by atoms with Gasteiger partial charge < -0.3 is 10.1 Å². The highest BCUT2D eigenvalue weighted by molar-refractivity contribution is 5.33. The van der Waals surface area contributed by atoms with Crippen molar-refractivity contribution in [3.63, 3.8) is 0 Å². The predicted molar refractivity (Wildman–Crippen MR) is 79.6 cm³/mol. The van der Waals surface area contributed by atoms with E-state index in [4.69, 9.17) is 4.74 Å². The number of hydrogen-bond acceptors (Lipinski definition) is 2. The molecule has 0 atom stereocenters. The van der Waals surface area contributed by atoms with Gasteiger partial charge in [0.25, 0.3) is 0 Å². The molecular formula is C17H21NO. The Bertz CT molecular complexity index is 522. The van der Waals surface area contributed by atoms with Crippen LogP contribution in [0.3, 0.4) is 0 Å². The summed E-state index contributed by atoms with van der Waals surface area (Å²) in [5, 5.41) is 3.47. The maximum atomic E-state index is 5.35. The number of rotatable bonds is 6. The van der Waals surface area contributed by atoms with E-state index in [1.165, 1.54) is 16.7 Å². The van der Waals surface area contributed by atoms with Crippen molar-refractivity contribution < 1.29 is 4.74 Å². The molecule has 0 aliphatic carbocycles. The van der Waals surface area contributed by atoms with E-state index in [1.54, 1.807) is 7.11 Å². The first-order valence-corrected chi connectivity index (χ1v) is 6.68. The zero-order valence-corrected chi connectivity index (χ0v) is 11.6. The third-order valence-electron chi connectivity index (χ3n) is 3.18. The Morgan fingerprint density at radius 1 is 1.05 bits per heavy atom.